The fraction of sp³-hybridized carbons (Fsp3) is 0.273. The zero-order valence-corrected chi connectivity index (χ0v) is 9.37. The quantitative estimate of drug-likeness (QED) is 0.632. The zero-order chi connectivity index (χ0) is 14.3. The van der Waals surface area contributed by atoms with Crippen LogP contribution in [0.4, 0.5) is 17.6 Å². The fourth-order valence-corrected chi connectivity index (χ4v) is 1.64. The van der Waals surface area contributed by atoms with Crippen molar-refractivity contribution in [2.75, 3.05) is 0 Å². The van der Waals surface area contributed by atoms with Gasteiger partial charge >= 0.3 is 12.3 Å². The highest BCUT2D eigenvalue weighted by atomic mass is 19.3. The molecule has 104 valence electrons. The molecule has 0 amide bonds. The summed E-state index contributed by atoms with van der Waals surface area (Å²) in [6.45, 7) is 0. The molecule has 0 spiro atoms. The first-order valence-electron chi connectivity index (χ1n) is 5.20. The molecular weight excluding hydrogens is 268 g/mol. The molecule has 1 unspecified atom stereocenters. The molecule has 0 saturated carbocycles. The minimum absolute atomic E-state index is 0.0935. The molecule has 8 heteroatoms. The summed E-state index contributed by atoms with van der Waals surface area (Å²) in [6.07, 6.45) is -3.54. The second-order valence-corrected chi connectivity index (χ2v) is 4.02. The average Bonchev–Trinajstić information content (AvgIpc) is 2.74. The van der Waals surface area contributed by atoms with E-state index in [1.165, 1.54) is 24.3 Å². The van der Waals surface area contributed by atoms with Crippen molar-refractivity contribution in [2.45, 2.75) is 18.1 Å². The van der Waals surface area contributed by atoms with Crippen LogP contribution in [0.3, 0.4) is 0 Å². The molecule has 0 radical (unpaired) electrons. The van der Waals surface area contributed by atoms with Gasteiger partial charge in [-0.3, -0.25) is 0 Å². The Morgan fingerprint density at radius 3 is 2.42 bits per heavy atom. The van der Waals surface area contributed by atoms with Crippen molar-refractivity contribution in [1.29, 1.82) is 0 Å². The number of hydrogen-bond acceptors (Lipinski definition) is 4. The minimum atomic E-state index is -4.69. The molecular formula is C11H10F4N2O2. The van der Waals surface area contributed by atoms with Crippen molar-refractivity contribution in [3.8, 4) is 5.75 Å². The number of benzene rings is 1. The van der Waals surface area contributed by atoms with Gasteiger partial charge in [0.25, 0.3) is 0 Å². The van der Waals surface area contributed by atoms with Gasteiger partial charge in [-0.05, 0) is 18.2 Å². The van der Waals surface area contributed by atoms with Crippen LogP contribution in [-0.4, -0.2) is 28.3 Å². The highest BCUT2D eigenvalue weighted by Crippen LogP contribution is 2.38. The number of para-hydroxylation sites is 1. The molecule has 4 nitrogen and oxygen atoms in total. The summed E-state index contributed by atoms with van der Waals surface area (Å²) in [7, 11) is 0. The van der Waals surface area contributed by atoms with E-state index in [1.54, 1.807) is 5.43 Å². The molecule has 1 heterocycles. The summed E-state index contributed by atoms with van der Waals surface area (Å²) in [5.41, 5.74) is 0.587. The molecule has 1 aliphatic rings. The predicted octanol–water partition coefficient (Wildman–Crippen LogP) is 1.43. The van der Waals surface area contributed by atoms with Gasteiger partial charge in [-0.25, -0.2) is 8.78 Å². The van der Waals surface area contributed by atoms with E-state index in [0.29, 0.717) is 6.08 Å². The molecule has 0 bridgehead atoms. The number of nitrogens with one attached hydrogen (secondary N) is 2. The van der Waals surface area contributed by atoms with Crippen LogP contribution in [0, 0.1) is 0 Å². The van der Waals surface area contributed by atoms with Gasteiger partial charge in [-0.1, -0.05) is 12.1 Å². The molecule has 4 N–H and O–H groups in total. The number of phenolic OH excluding ortho intramolecular Hbond substituents is 1. The van der Waals surface area contributed by atoms with Crippen molar-refractivity contribution in [1.82, 2.24) is 10.9 Å². The molecule has 1 atom stereocenters. The summed E-state index contributed by atoms with van der Waals surface area (Å²) in [5.74, 6) is -4.93. The number of phenols is 1. The lowest BCUT2D eigenvalue weighted by molar-refractivity contribution is -0.234. The largest absolute Gasteiger partial charge is 0.507 e. The number of halogens is 4. The number of alkyl halides is 4. The molecule has 1 aromatic rings. The standard InChI is InChI=1S/C11H10F4N2O2/c12-9(13)11(14,15)10(19)5-7(16-17-10)6-3-1-2-4-8(6)18/h1-5,9,16-19H. The van der Waals surface area contributed by atoms with Crippen LogP contribution in [0.15, 0.2) is 30.3 Å². The lowest BCUT2D eigenvalue weighted by Gasteiger charge is -2.29. The SMILES string of the molecule is Oc1ccccc1C1=CC(O)(C(F)(F)C(F)F)NN1. The highest BCUT2D eigenvalue weighted by molar-refractivity contribution is 5.71. The predicted molar refractivity (Wildman–Crippen MR) is 58.3 cm³/mol. The summed E-state index contributed by atoms with van der Waals surface area (Å²) in [5, 5.41) is 19.1. The Labute approximate surface area is 105 Å². The van der Waals surface area contributed by atoms with Gasteiger partial charge in [0, 0.05) is 5.56 Å². The molecule has 1 aromatic carbocycles. The van der Waals surface area contributed by atoms with Crippen LogP contribution in [0.25, 0.3) is 5.70 Å². The number of rotatable bonds is 3. The first kappa shape index (κ1) is 13.6. The van der Waals surface area contributed by atoms with Gasteiger partial charge in [0.1, 0.15) is 5.75 Å². The molecule has 19 heavy (non-hydrogen) atoms. The summed E-state index contributed by atoms with van der Waals surface area (Å²) in [4.78, 5) is 0. The Hall–Kier alpha value is -1.80. The highest BCUT2D eigenvalue weighted by Gasteiger charge is 2.60. The van der Waals surface area contributed by atoms with E-state index in [1.807, 2.05) is 0 Å². The van der Waals surface area contributed by atoms with Gasteiger partial charge in [-0.15, -0.1) is 0 Å². The number of aromatic hydroxyl groups is 1. The Morgan fingerprint density at radius 1 is 1.21 bits per heavy atom. The minimum Gasteiger partial charge on any atom is -0.507 e. The second-order valence-electron chi connectivity index (χ2n) is 4.02. The molecule has 0 aliphatic carbocycles. The number of aliphatic hydroxyl groups is 1. The maximum absolute atomic E-state index is 13.2. The van der Waals surface area contributed by atoms with E-state index in [0.717, 1.165) is 0 Å². The molecule has 0 saturated heterocycles. The van der Waals surface area contributed by atoms with Crippen molar-refractivity contribution in [3.63, 3.8) is 0 Å². The fourth-order valence-electron chi connectivity index (χ4n) is 1.64. The molecule has 0 fully saturated rings. The maximum atomic E-state index is 13.2. The van der Waals surface area contributed by atoms with Crippen molar-refractivity contribution in [2.24, 2.45) is 0 Å². The summed E-state index contributed by atoms with van der Waals surface area (Å²) < 4.78 is 51.0. The molecule has 0 aromatic heterocycles. The van der Waals surface area contributed by atoms with Gasteiger partial charge in [0.15, 0.2) is 0 Å². The van der Waals surface area contributed by atoms with Gasteiger partial charge in [-0.2, -0.15) is 14.2 Å². The van der Waals surface area contributed by atoms with Gasteiger partial charge in [0.2, 0.25) is 5.72 Å². The van der Waals surface area contributed by atoms with E-state index < -0.39 is 18.1 Å². The Balaban J connectivity index is 2.39. The maximum Gasteiger partial charge on any atom is 0.353 e. The van der Waals surface area contributed by atoms with E-state index in [4.69, 9.17) is 0 Å². The monoisotopic (exact) mass is 278 g/mol. The van der Waals surface area contributed by atoms with Crippen LogP contribution in [0.2, 0.25) is 0 Å². The van der Waals surface area contributed by atoms with Crippen LogP contribution < -0.4 is 10.9 Å². The van der Waals surface area contributed by atoms with Crippen molar-refractivity contribution >= 4 is 5.70 Å². The Morgan fingerprint density at radius 2 is 1.84 bits per heavy atom. The number of hydrogen-bond donors (Lipinski definition) is 4. The lowest BCUT2D eigenvalue weighted by Crippen LogP contribution is -2.60. The first-order chi connectivity index (χ1) is 8.78. The van der Waals surface area contributed by atoms with Crippen LogP contribution in [-0.2, 0) is 0 Å². The zero-order valence-electron chi connectivity index (χ0n) is 9.37. The third-order valence-corrected chi connectivity index (χ3v) is 2.72. The van der Waals surface area contributed by atoms with Crippen LogP contribution >= 0.6 is 0 Å². The van der Waals surface area contributed by atoms with Crippen molar-refractivity contribution in [3.05, 3.63) is 35.9 Å². The smallest absolute Gasteiger partial charge is 0.353 e. The van der Waals surface area contributed by atoms with E-state index in [2.05, 4.69) is 5.43 Å². The topological polar surface area (TPSA) is 64.5 Å². The molecule has 2 rings (SSSR count). The Bertz CT molecular complexity index is 521. The summed E-state index contributed by atoms with van der Waals surface area (Å²) >= 11 is 0. The second kappa shape index (κ2) is 4.39. The van der Waals surface area contributed by atoms with E-state index in [-0.39, 0.29) is 17.0 Å². The molecule has 1 aliphatic heterocycles. The van der Waals surface area contributed by atoms with E-state index >= 15 is 0 Å². The number of hydrazine groups is 1. The van der Waals surface area contributed by atoms with Crippen LogP contribution in [0.5, 0.6) is 5.75 Å². The van der Waals surface area contributed by atoms with Gasteiger partial charge in [0.05, 0.1) is 5.70 Å². The summed E-state index contributed by atoms with van der Waals surface area (Å²) in [6, 6.07) is 5.69. The lowest BCUT2D eigenvalue weighted by atomic mass is 10.0. The normalized spacial score (nSPS) is 23.4. The Kier molecular flexibility index (Phi) is 3.15. The van der Waals surface area contributed by atoms with Crippen molar-refractivity contribution < 1.29 is 27.8 Å². The van der Waals surface area contributed by atoms with Gasteiger partial charge < -0.3 is 15.6 Å². The third kappa shape index (κ3) is 2.13. The first-order valence-corrected chi connectivity index (χ1v) is 5.20. The van der Waals surface area contributed by atoms with E-state index in [9.17, 15) is 27.8 Å². The third-order valence-electron chi connectivity index (χ3n) is 2.72. The van der Waals surface area contributed by atoms with Crippen LogP contribution in [0.1, 0.15) is 5.56 Å². The average molecular weight is 278 g/mol.